The van der Waals surface area contributed by atoms with Crippen LogP contribution < -0.4 is 4.90 Å². The van der Waals surface area contributed by atoms with Gasteiger partial charge in [0.2, 0.25) is 0 Å². The van der Waals surface area contributed by atoms with Gasteiger partial charge in [0.25, 0.3) is 0 Å². The molecule has 1 rings (SSSR count). The van der Waals surface area contributed by atoms with Crippen LogP contribution in [0.1, 0.15) is 13.3 Å². The van der Waals surface area contributed by atoms with Crippen molar-refractivity contribution < 1.29 is 9.50 Å². The molecule has 0 heterocycles. The highest BCUT2D eigenvalue weighted by Gasteiger charge is 2.12. The molecule has 2 nitrogen and oxygen atoms in total. The SMILES string of the molecule is CCC(CO)CN(C)c1cc(Cl)ccc1F. The maximum absolute atomic E-state index is 13.5. The smallest absolute Gasteiger partial charge is 0.146 e. The average molecular weight is 246 g/mol. The van der Waals surface area contributed by atoms with Crippen molar-refractivity contribution >= 4 is 17.3 Å². The Balaban J connectivity index is 2.79. The summed E-state index contributed by atoms with van der Waals surface area (Å²) in [5.41, 5.74) is 0.472. The first kappa shape index (κ1) is 13.3. The summed E-state index contributed by atoms with van der Waals surface area (Å²) in [7, 11) is 1.80. The van der Waals surface area contributed by atoms with E-state index in [2.05, 4.69) is 0 Å². The minimum absolute atomic E-state index is 0.114. The highest BCUT2D eigenvalue weighted by atomic mass is 35.5. The third-order valence-corrected chi connectivity index (χ3v) is 2.92. The van der Waals surface area contributed by atoms with Crippen LogP contribution in [0.5, 0.6) is 0 Å². The molecule has 0 saturated carbocycles. The Bertz CT molecular complexity index is 342. The number of anilines is 1. The van der Waals surface area contributed by atoms with Gasteiger partial charge in [-0.2, -0.15) is 0 Å². The molecule has 0 amide bonds. The van der Waals surface area contributed by atoms with Crippen LogP contribution in [0.3, 0.4) is 0 Å². The molecule has 0 aromatic heterocycles. The van der Waals surface area contributed by atoms with Crippen molar-refractivity contribution in [3.8, 4) is 0 Å². The molecular formula is C12H17ClFNO. The fourth-order valence-corrected chi connectivity index (χ4v) is 1.75. The van der Waals surface area contributed by atoms with Crippen LogP contribution in [0.15, 0.2) is 18.2 Å². The summed E-state index contributed by atoms with van der Waals surface area (Å²) in [6.45, 7) is 2.73. The van der Waals surface area contributed by atoms with Crippen LogP contribution in [-0.4, -0.2) is 25.3 Å². The largest absolute Gasteiger partial charge is 0.396 e. The van der Waals surface area contributed by atoms with E-state index in [0.29, 0.717) is 17.3 Å². The molecule has 0 radical (unpaired) electrons. The molecule has 1 aromatic carbocycles. The van der Waals surface area contributed by atoms with Crippen LogP contribution in [0.4, 0.5) is 10.1 Å². The van der Waals surface area contributed by atoms with E-state index in [4.69, 9.17) is 16.7 Å². The van der Waals surface area contributed by atoms with Gasteiger partial charge in [0.1, 0.15) is 5.82 Å². The average Bonchev–Trinajstić information content (AvgIpc) is 2.28. The summed E-state index contributed by atoms with van der Waals surface area (Å²) in [6.07, 6.45) is 0.864. The van der Waals surface area contributed by atoms with Crippen molar-refractivity contribution in [2.75, 3.05) is 25.1 Å². The molecule has 1 aromatic rings. The number of aliphatic hydroxyl groups excluding tert-OH is 1. The van der Waals surface area contributed by atoms with Crippen LogP contribution >= 0.6 is 11.6 Å². The highest BCUT2D eigenvalue weighted by Crippen LogP contribution is 2.23. The zero-order valence-electron chi connectivity index (χ0n) is 9.58. The second-order valence-electron chi connectivity index (χ2n) is 3.93. The Morgan fingerprint density at radius 3 is 2.75 bits per heavy atom. The zero-order valence-corrected chi connectivity index (χ0v) is 10.3. The summed E-state index contributed by atoms with van der Waals surface area (Å²) in [5, 5.41) is 9.61. The molecule has 0 aliphatic rings. The molecule has 1 N–H and O–H groups in total. The molecule has 0 spiro atoms. The molecule has 4 heteroatoms. The van der Waals surface area contributed by atoms with Crippen molar-refractivity contribution in [2.24, 2.45) is 5.92 Å². The van der Waals surface area contributed by atoms with E-state index in [1.807, 2.05) is 6.92 Å². The number of aliphatic hydroxyl groups is 1. The Morgan fingerprint density at radius 1 is 1.50 bits per heavy atom. The Morgan fingerprint density at radius 2 is 2.19 bits per heavy atom. The van der Waals surface area contributed by atoms with Crippen molar-refractivity contribution in [3.63, 3.8) is 0 Å². The van der Waals surface area contributed by atoms with Gasteiger partial charge >= 0.3 is 0 Å². The minimum Gasteiger partial charge on any atom is -0.396 e. The normalized spacial score (nSPS) is 12.6. The van der Waals surface area contributed by atoms with E-state index in [0.717, 1.165) is 6.42 Å². The lowest BCUT2D eigenvalue weighted by Gasteiger charge is -2.24. The molecule has 1 atom stereocenters. The minimum atomic E-state index is -0.292. The molecular weight excluding hydrogens is 229 g/mol. The van der Waals surface area contributed by atoms with Crippen LogP contribution in [-0.2, 0) is 0 Å². The molecule has 0 aliphatic carbocycles. The van der Waals surface area contributed by atoms with Gasteiger partial charge in [-0.1, -0.05) is 18.5 Å². The van der Waals surface area contributed by atoms with Gasteiger partial charge in [-0.3, -0.25) is 0 Å². The fraction of sp³-hybridized carbons (Fsp3) is 0.500. The van der Waals surface area contributed by atoms with Crippen molar-refractivity contribution in [3.05, 3.63) is 29.0 Å². The quantitative estimate of drug-likeness (QED) is 0.862. The second-order valence-corrected chi connectivity index (χ2v) is 4.37. The highest BCUT2D eigenvalue weighted by molar-refractivity contribution is 6.30. The number of hydrogen-bond acceptors (Lipinski definition) is 2. The third-order valence-electron chi connectivity index (χ3n) is 2.69. The Hall–Kier alpha value is -0.800. The van der Waals surface area contributed by atoms with Crippen molar-refractivity contribution in [2.45, 2.75) is 13.3 Å². The van der Waals surface area contributed by atoms with Gasteiger partial charge in [-0.05, 0) is 30.5 Å². The Kier molecular flexibility index (Phi) is 5.03. The van der Waals surface area contributed by atoms with Crippen LogP contribution in [0.25, 0.3) is 0 Å². The van der Waals surface area contributed by atoms with E-state index >= 15 is 0 Å². The molecule has 90 valence electrons. The lowest BCUT2D eigenvalue weighted by Crippen LogP contribution is -2.27. The number of rotatable bonds is 5. The lowest BCUT2D eigenvalue weighted by molar-refractivity contribution is 0.225. The summed E-state index contributed by atoms with van der Waals surface area (Å²) < 4.78 is 13.5. The fourth-order valence-electron chi connectivity index (χ4n) is 1.58. The van der Waals surface area contributed by atoms with E-state index < -0.39 is 0 Å². The molecule has 0 fully saturated rings. The lowest BCUT2D eigenvalue weighted by atomic mass is 10.1. The molecule has 1 unspecified atom stereocenters. The van der Waals surface area contributed by atoms with E-state index in [-0.39, 0.29) is 18.3 Å². The van der Waals surface area contributed by atoms with E-state index in [1.54, 1.807) is 18.0 Å². The predicted molar refractivity (Wildman–Crippen MR) is 65.5 cm³/mol. The summed E-state index contributed by atoms with van der Waals surface area (Å²) in [6, 6.07) is 4.48. The maximum atomic E-state index is 13.5. The van der Waals surface area contributed by atoms with Crippen molar-refractivity contribution in [1.29, 1.82) is 0 Å². The van der Waals surface area contributed by atoms with Crippen LogP contribution in [0.2, 0.25) is 5.02 Å². The third kappa shape index (κ3) is 3.35. The molecule has 0 aliphatic heterocycles. The molecule has 16 heavy (non-hydrogen) atoms. The van der Waals surface area contributed by atoms with E-state index in [9.17, 15) is 4.39 Å². The van der Waals surface area contributed by atoms with Gasteiger partial charge in [0.05, 0.1) is 5.69 Å². The van der Waals surface area contributed by atoms with Gasteiger partial charge < -0.3 is 10.0 Å². The number of hydrogen-bond donors (Lipinski definition) is 1. The van der Waals surface area contributed by atoms with Gasteiger partial charge in [-0.15, -0.1) is 0 Å². The summed E-state index contributed by atoms with van der Waals surface area (Å²) in [5.74, 6) is -0.136. The first-order valence-electron chi connectivity index (χ1n) is 5.35. The van der Waals surface area contributed by atoms with E-state index in [1.165, 1.54) is 12.1 Å². The maximum Gasteiger partial charge on any atom is 0.146 e. The zero-order chi connectivity index (χ0) is 12.1. The van der Waals surface area contributed by atoms with Gasteiger partial charge in [-0.25, -0.2) is 4.39 Å². The molecule has 0 bridgehead atoms. The number of nitrogens with zero attached hydrogens (tertiary/aromatic N) is 1. The van der Waals surface area contributed by atoms with Crippen molar-refractivity contribution in [1.82, 2.24) is 0 Å². The predicted octanol–water partition coefficient (Wildman–Crippen LogP) is 2.93. The first-order chi connectivity index (χ1) is 7.58. The Labute approximate surface area is 101 Å². The molecule has 0 saturated heterocycles. The summed E-state index contributed by atoms with van der Waals surface area (Å²) >= 11 is 5.82. The summed E-state index contributed by atoms with van der Waals surface area (Å²) in [4.78, 5) is 1.78. The topological polar surface area (TPSA) is 23.5 Å². The number of halogens is 2. The standard InChI is InChI=1S/C12H17ClFNO/c1-3-9(8-16)7-15(2)12-6-10(13)4-5-11(12)14/h4-6,9,16H,3,7-8H2,1-2H3. The van der Waals surface area contributed by atoms with Gasteiger partial charge in [0.15, 0.2) is 0 Å². The van der Waals surface area contributed by atoms with Gasteiger partial charge in [0, 0.05) is 25.2 Å². The first-order valence-corrected chi connectivity index (χ1v) is 5.73. The number of benzene rings is 1. The van der Waals surface area contributed by atoms with Crippen LogP contribution in [0, 0.1) is 11.7 Å². The second kappa shape index (κ2) is 6.06. The monoisotopic (exact) mass is 245 g/mol.